The average molecular weight is 205 g/mol. The van der Waals surface area contributed by atoms with Gasteiger partial charge in [0.1, 0.15) is 6.04 Å². The van der Waals surface area contributed by atoms with Crippen molar-refractivity contribution in [1.82, 2.24) is 5.32 Å². The highest BCUT2D eigenvalue weighted by molar-refractivity contribution is 7.80. The molecule has 0 aromatic carbocycles. The number of unbranched alkanes of at least 4 members (excludes halogenated alkanes) is 3. The molecule has 2 N–H and O–H groups in total. The van der Waals surface area contributed by atoms with Gasteiger partial charge in [0.15, 0.2) is 0 Å². The molecular formula is C9H19NO2S. The van der Waals surface area contributed by atoms with Crippen LogP contribution < -0.4 is 5.32 Å². The number of carboxylic acids is 1. The minimum Gasteiger partial charge on any atom is -0.480 e. The zero-order valence-electron chi connectivity index (χ0n) is 8.12. The molecule has 0 saturated carbocycles. The average Bonchev–Trinajstić information content (AvgIpc) is 2.10. The molecule has 0 aliphatic heterocycles. The highest BCUT2D eigenvalue weighted by Crippen LogP contribution is 1.98. The normalized spacial score (nSPS) is 12.8. The highest BCUT2D eigenvalue weighted by atomic mass is 32.1. The van der Waals surface area contributed by atoms with Crippen LogP contribution in [0.3, 0.4) is 0 Å². The van der Waals surface area contributed by atoms with E-state index in [1.807, 2.05) is 0 Å². The van der Waals surface area contributed by atoms with Gasteiger partial charge in [-0.3, -0.25) is 4.79 Å². The third-order valence-corrected chi connectivity index (χ3v) is 2.27. The molecule has 0 aliphatic rings. The zero-order valence-corrected chi connectivity index (χ0v) is 9.02. The van der Waals surface area contributed by atoms with E-state index >= 15 is 0 Å². The summed E-state index contributed by atoms with van der Waals surface area (Å²) in [5.41, 5.74) is 0. The van der Waals surface area contributed by atoms with Gasteiger partial charge in [0, 0.05) is 5.75 Å². The molecule has 1 atom stereocenters. The third kappa shape index (κ3) is 6.90. The van der Waals surface area contributed by atoms with E-state index in [4.69, 9.17) is 5.11 Å². The lowest BCUT2D eigenvalue weighted by Gasteiger charge is -2.10. The summed E-state index contributed by atoms with van der Waals surface area (Å²) in [6.07, 6.45) is 4.64. The molecule has 0 aliphatic carbocycles. The predicted octanol–water partition coefficient (Wildman–Crippen LogP) is 1.54. The standard InChI is InChI=1S/C9H19NO2S/c1-2-3-4-5-6-10-8(7-13)9(11)12/h8,10,13H,2-7H2,1H3,(H,11,12)/t8-/m0/s1. The predicted molar refractivity (Wildman–Crippen MR) is 57.4 cm³/mol. The van der Waals surface area contributed by atoms with Crippen LogP contribution in [0.15, 0.2) is 0 Å². The second-order valence-electron chi connectivity index (χ2n) is 3.09. The van der Waals surface area contributed by atoms with Crippen LogP contribution in [0.25, 0.3) is 0 Å². The first-order valence-corrected chi connectivity index (χ1v) is 5.42. The number of aliphatic carboxylic acids is 1. The van der Waals surface area contributed by atoms with Crippen LogP contribution in [0, 0.1) is 0 Å². The summed E-state index contributed by atoms with van der Waals surface area (Å²) in [6, 6.07) is -0.495. The number of nitrogens with one attached hydrogen (secondary N) is 1. The van der Waals surface area contributed by atoms with Gasteiger partial charge in [-0.2, -0.15) is 12.6 Å². The van der Waals surface area contributed by atoms with E-state index in [0.717, 1.165) is 13.0 Å². The van der Waals surface area contributed by atoms with Crippen LogP contribution in [0.2, 0.25) is 0 Å². The van der Waals surface area contributed by atoms with Crippen molar-refractivity contribution in [2.45, 2.75) is 38.6 Å². The molecule has 0 heterocycles. The minimum atomic E-state index is -0.814. The lowest BCUT2D eigenvalue weighted by Crippen LogP contribution is -2.38. The smallest absolute Gasteiger partial charge is 0.321 e. The number of rotatable bonds is 8. The second-order valence-corrected chi connectivity index (χ2v) is 3.45. The van der Waals surface area contributed by atoms with Gasteiger partial charge in [0.2, 0.25) is 0 Å². The van der Waals surface area contributed by atoms with E-state index in [1.165, 1.54) is 19.3 Å². The quantitative estimate of drug-likeness (QED) is 0.416. The van der Waals surface area contributed by atoms with Crippen LogP contribution in [0.4, 0.5) is 0 Å². The Balaban J connectivity index is 3.33. The molecular weight excluding hydrogens is 186 g/mol. The first-order chi connectivity index (χ1) is 6.22. The number of hydrogen-bond donors (Lipinski definition) is 3. The molecule has 0 bridgehead atoms. The maximum Gasteiger partial charge on any atom is 0.321 e. The number of carboxylic acid groups (broad SMARTS) is 1. The van der Waals surface area contributed by atoms with Crippen LogP contribution in [0.1, 0.15) is 32.6 Å². The zero-order chi connectivity index (χ0) is 10.1. The van der Waals surface area contributed by atoms with E-state index in [9.17, 15) is 4.79 Å². The Morgan fingerprint density at radius 1 is 1.46 bits per heavy atom. The molecule has 0 aromatic heterocycles. The number of thiol groups is 1. The molecule has 0 aromatic rings. The maximum absolute atomic E-state index is 10.5. The van der Waals surface area contributed by atoms with Crippen molar-refractivity contribution in [3.05, 3.63) is 0 Å². The largest absolute Gasteiger partial charge is 0.480 e. The molecule has 0 radical (unpaired) electrons. The molecule has 0 amide bonds. The molecule has 0 unspecified atom stereocenters. The fourth-order valence-corrected chi connectivity index (χ4v) is 1.34. The maximum atomic E-state index is 10.5. The van der Waals surface area contributed by atoms with Crippen LogP contribution in [-0.4, -0.2) is 29.4 Å². The Morgan fingerprint density at radius 2 is 2.15 bits per heavy atom. The fourth-order valence-electron chi connectivity index (χ4n) is 1.06. The summed E-state index contributed by atoms with van der Waals surface area (Å²) in [5, 5.41) is 11.6. The van der Waals surface area contributed by atoms with Gasteiger partial charge in [0.25, 0.3) is 0 Å². The van der Waals surface area contributed by atoms with Crippen molar-refractivity contribution in [2.75, 3.05) is 12.3 Å². The Bertz CT molecular complexity index is 142. The summed E-state index contributed by atoms with van der Waals surface area (Å²) in [5.74, 6) is -0.464. The molecule has 0 saturated heterocycles. The number of hydrogen-bond acceptors (Lipinski definition) is 3. The van der Waals surface area contributed by atoms with Gasteiger partial charge in [-0.1, -0.05) is 26.2 Å². The van der Waals surface area contributed by atoms with Crippen molar-refractivity contribution < 1.29 is 9.90 Å². The summed E-state index contributed by atoms with van der Waals surface area (Å²) < 4.78 is 0. The van der Waals surface area contributed by atoms with E-state index in [-0.39, 0.29) is 0 Å². The van der Waals surface area contributed by atoms with Gasteiger partial charge in [-0.05, 0) is 13.0 Å². The van der Waals surface area contributed by atoms with Gasteiger partial charge in [-0.15, -0.1) is 0 Å². The Morgan fingerprint density at radius 3 is 2.62 bits per heavy atom. The van der Waals surface area contributed by atoms with Crippen molar-refractivity contribution in [1.29, 1.82) is 0 Å². The Labute approximate surface area is 85.3 Å². The lowest BCUT2D eigenvalue weighted by atomic mass is 10.2. The van der Waals surface area contributed by atoms with E-state index in [1.54, 1.807) is 0 Å². The van der Waals surface area contributed by atoms with Crippen molar-refractivity contribution in [3.8, 4) is 0 Å². The minimum absolute atomic E-state index is 0.350. The van der Waals surface area contributed by atoms with Crippen LogP contribution >= 0.6 is 12.6 Å². The van der Waals surface area contributed by atoms with Gasteiger partial charge in [0.05, 0.1) is 0 Å². The summed E-state index contributed by atoms with van der Waals surface area (Å²) >= 11 is 3.96. The molecule has 4 heteroatoms. The number of carbonyl (C=O) groups is 1. The Hall–Kier alpha value is -0.220. The lowest BCUT2D eigenvalue weighted by molar-refractivity contribution is -0.138. The summed E-state index contributed by atoms with van der Waals surface area (Å²) in [7, 11) is 0. The van der Waals surface area contributed by atoms with Crippen LogP contribution in [0.5, 0.6) is 0 Å². The van der Waals surface area contributed by atoms with E-state index in [0.29, 0.717) is 5.75 Å². The monoisotopic (exact) mass is 205 g/mol. The van der Waals surface area contributed by atoms with Crippen molar-refractivity contribution >= 4 is 18.6 Å². The van der Waals surface area contributed by atoms with E-state index < -0.39 is 12.0 Å². The highest BCUT2D eigenvalue weighted by Gasteiger charge is 2.12. The molecule has 3 nitrogen and oxygen atoms in total. The fraction of sp³-hybridized carbons (Fsp3) is 0.889. The SMILES string of the molecule is CCCCCCN[C@@H](CS)C(=O)O. The van der Waals surface area contributed by atoms with E-state index in [2.05, 4.69) is 24.9 Å². The molecule has 78 valence electrons. The molecule has 13 heavy (non-hydrogen) atoms. The van der Waals surface area contributed by atoms with Crippen molar-refractivity contribution in [2.24, 2.45) is 0 Å². The topological polar surface area (TPSA) is 49.3 Å². The first-order valence-electron chi connectivity index (χ1n) is 4.79. The molecule has 0 rings (SSSR count). The molecule has 0 fully saturated rings. The first kappa shape index (κ1) is 12.8. The Kier molecular flexibility index (Phi) is 8.24. The molecule has 0 spiro atoms. The van der Waals surface area contributed by atoms with Gasteiger partial charge >= 0.3 is 5.97 Å². The second kappa shape index (κ2) is 8.38. The third-order valence-electron chi connectivity index (χ3n) is 1.90. The summed E-state index contributed by atoms with van der Waals surface area (Å²) in [4.78, 5) is 10.5. The van der Waals surface area contributed by atoms with Crippen molar-refractivity contribution in [3.63, 3.8) is 0 Å². The van der Waals surface area contributed by atoms with Gasteiger partial charge < -0.3 is 10.4 Å². The van der Waals surface area contributed by atoms with Crippen LogP contribution in [-0.2, 0) is 4.79 Å². The van der Waals surface area contributed by atoms with Gasteiger partial charge in [-0.25, -0.2) is 0 Å². The summed E-state index contributed by atoms with van der Waals surface area (Å²) in [6.45, 7) is 2.93.